The van der Waals surface area contributed by atoms with E-state index in [-0.39, 0.29) is 0 Å². The first-order valence-electron chi connectivity index (χ1n) is 4.37. The molecule has 0 amide bonds. The van der Waals surface area contributed by atoms with Crippen LogP contribution in [-0.2, 0) is 6.42 Å². The van der Waals surface area contributed by atoms with E-state index in [0.29, 0.717) is 6.04 Å². The predicted octanol–water partition coefficient (Wildman–Crippen LogP) is 1.45. The summed E-state index contributed by atoms with van der Waals surface area (Å²) in [6.07, 6.45) is 2.29. The van der Waals surface area contributed by atoms with Crippen molar-refractivity contribution in [3.8, 4) is 0 Å². The second-order valence-electron chi connectivity index (χ2n) is 3.46. The lowest BCUT2D eigenvalue weighted by Crippen LogP contribution is -2.26. The third-order valence-electron chi connectivity index (χ3n) is 2.58. The monoisotopic (exact) mass is 162 g/mol. The first kappa shape index (κ1) is 7.77. The highest BCUT2D eigenvalue weighted by atomic mass is 15.2. The van der Waals surface area contributed by atoms with Crippen LogP contribution in [0.15, 0.2) is 18.2 Å². The fraction of sp³-hybridized carbons (Fsp3) is 0.400. The molecule has 2 rings (SSSR count). The van der Waals surface area contributed by atoms with Gasteiger partial charge < -0.3 is 0 Å². The largest absolute Gasteiger partial charge is 0.271 e. The molecule has 1 aliphatic carbocycles. The van der Waals surface area contributed by atoms with Gasteiger partial charge >= 0.3 is 0 Å². The van der Waals surface area contributed by atoms with E-state index >= 15 is 0 Å². The molecule has 1 aromatic rings. The molecule has 2 heteroatoms. The highest BCUT2D eigenvalue weighted by Gasteiger charge is 2.20. The zero-order chi connectivity index (χ0) is 8.55. The van der Waals surface area contributed by atoms with Crippen LogP contribution < -0.4 is 11.3 Å². The van der Waals surface area contributed by atoms with E-state index in [4.69, 9.17) is 5.84 Å². The van der Waals surface area contributed by atoms with Crippen molar-refractivity contribution in [1.82, 2.24) is 5.43 Å². The van der Waals surface area contributed by atoms with E-state index in [1.54, 1.807) is 0 Å². The molecule has 0 unspecified atom stereocenters. The lowest BCUT2D eigenvalue weighted by molar-refractivity contribution is 0.551. The lowest BCUT2D eigenvalue weighted by Gasteiger charge is -2.09. The predicted molar refractivity (Wildman–Crippen MR) is 49.6 cm³/mol. The van der Waals surface area contributed by atoms with Gasteiger partial charge in [0.05, 0.1) is 0 Å². The molecule has 0 radical (unpaired) electrons. The van der Waals surface area contributed by atoms with Crippen molar-refractivity contribution in [2.45, 2.75) is 25.8 Å². The van der Waals surface area contributed by atoms with Gasteiger partial charge in [-0.3, -0.25) is 11.3 Å². The number of fused-ring (bicyclic) bond motifs is 1. The van der Waals surface area contributed by atoms with Crippen LogP contribution in [0, 0.1) is 6.92 Å². The fourth-order valence-electron chi connectivity index (χ4n) is 1.92. The number of aryl methyl sites for hydroxylation is 2. The molecule has 1 atom stereocenters. The maximum atomic E-state index is 5.44. The summed E-state index contributed by atoms with van der Waals surface area (Å²) in [5, 5.41) is 0. The Balaban J connectivity index is 2.40. The molecule has 1 aliphatic rings. The summed E-state index contributed by atoms with van der Waals surface area (Å²) in [6, 6.07) is 6.96. The Hall–Kier alpha value is -0.860. The van der Waals surface area contributed by atoms with Crippen molar-refractivity contribution in [1.29, 1.82) is 0 Å². The minimum atomic E-state index is 0.376. The van der Waals surface area contributed by atoms with Crippen molar-refractivity contribution < 1.29 is 0 Å². The summed E-state index contributed by atoms with van der Waals surface area (Å²) in [6.45, 7) is 2.13. The molecule has 3 N–H and O–H groups in total. The smallest absolute Gasteiger partial charge is 0.0465 e. The quantitative estimate of drug-likeness (QED) is 0.484. The van der Waals surface area contributed by atoms with Gasteiger partial charge in [0.15, 0.2) is 0 Å². The van der Waals surface area contributed by atoms with Gasteiger partial charge in [-0.2, -0.15) is 0 Å². The minimum absolute atomic E-state index is 0.376. The molecule has 12 heavy (non-hydrogen) atoms. The topological polar surface area (TPSA) is 38.0 Å². The first-order chi connectivity index (χ1) is 5.81. The average Bonchev–Trinajstić information content (AvgIpc) is 2.46. The molecule has 0 saturated heterocycles. The number of benzene rings is 1. The summed E-state index contributed by atoms with van der Waals surface area (Å²) >= 11 is 0. The van der Waals surface area contributed by atoms with Crippen LogP contribution in [0.1, 0.15) is 29.2 Å². The molecule has 0 aromatic heterocycles. The van der Waals surface area contributed by atoms with E-state index < -0.39 is 0 Å². The van der Waals surface area contributed by atoms with Crippen molar-refractivity contribution in [2.75, 3.05) is 0 Å². The lowest BCUT2D eigenvalue weighted by atomic mass is 10.1. The molecule has 0 saturated carbocycles. The molecule has 0 spiro atoms. The van der Waals surface area contributed by atoms with Crippen molar-refractivity contribution >= 4 is 0 Å². The Labute approximate surface area is 72.7 Å². The van der Waals surface area contributed by atoms with Crippen LogP contribution in [-0.4, -0.2) is 0 Å². The number of hydrazine groups is 1. The van der Waals surface area contributed by atoms with Crippen molar-refractivity contribution in [2.24, 2.45) is 5.84 Å². The molecule has 0 heterocycles. The van der Waals surface area contributed by atoms with Crippen LogP contribution in [0.5, 0.6) is 0 Å². The van der Waals surface area contributed by atoms with Gasteiger partial charge in [-0.05, 0) is 30.9 Å². The summed E-state index contributed by atoms with van der Waals surface area (Å²) in [7, 11) is 0. The Morgan fingerprint density at radius 2 is 2.33 bits per heavy atom. The number of nitrogens with one attached hydrogen (secondary N) is 1. The molecule has 0 aliphatic heterocycles. The number of hydrogen-bond acceptors (Lipinski definition) is 2. The van der Waals surface area contributed by atoms with Gasteiger partial charge in [-0.25, -0.2) is 0 Å². The zero-order valence-corrected chi connectivity index (χ0v) is 7.30. The van der Waals surface area contributed by atoms with Gasteiger partial charge in [-0.15, -0.1) is 0 Å². The Bertz CT molecular complexity index is 294. The number of nitrogens with two attached hydrogens (primary N) is 1. The Kier molecular flexibility index (Phi) is 1.87. The van der Waals surface area contributed by atoms with Gasteiger partial charge in [0.25, 0.3) is 0 Å². The van der Waals surface area contributed by atoms with Crippen LogP contribution in [0.25, 0.3) is 0 Å². The van der Waals surface area contributed by atoms with E-state index in [1.807, 2.05) is 0 Å². The first-order valence-corrected chi connectivity index (χ1v) is 4.37. The summed E-state index contributed by atoms with van der Waals surface area (Å²) < 4.78 is 0. The molecular weight excluding hydrogens is 148 g/mol. The third kappa shape index (κ3) is 1.13. The highest BCUT2D eigenvalue weighted by molar-refractivity contribution is 5.37. The number of rotatable bonds is 1. The van der Waals surface area contributed by atoms with Crippen molar-refractivity contribution in [3.05, 3.63) is 34.9 Å². The normalized spacial score (nSPS) is 21.0. The van der Waals surface area contributed by atoms with Crippen LogP contribution in [0.4, 0.5) is 0 Å². The standard InChI is InChI=1S/C10H14N2/c1-7-2-4-9-8(6-7)3-5-10(9)12-11/h2,4,6,10,12H,3,5,11H2,1H3/t10-/m1/s1. The van der Waals surface area contributed by atoms with Crippen LogP contribution >= 0.6 is 0 Å². The van der Waals surface area contributed by atoms with Gasteiger partial charge in [0, 0.05) is 6.04 Å². The van der Waals surface area contributed by atoms with Gasteiger partial charge in [0.2, 0.25) is 0 Å². The molecule has 64 valence electrons. The fourth-order valence-corrected chi connectivity index (χ4v) is 1.92. The average molecular weight is 162 g/mol. The maximum Gasteiger partial charge on any atom is 0.0465 e. The second-order valence-corrected chi connectivity index (χ2v) is 3.46. The van der Waals surface area contributed by atoms with Gasteiger partial charge in [0.1, 0.15) is 0 Å². The third-order valence-corrected chi connectivity index (χ3v) is 2.58. The summed E-state index contributed by atoms with van der Waals surface area (Å²) in [5.41, 5.74) is 7.01. The summed E-state index contributed by atoms with van der Waals surface area (Å²) in [5.74, 6) is 5.44. The Morgan fingerprint density at radius 1 is 1.50 bits per heavy atom. The zero-order valence-electron chi connectivity index (χ0n) is 7.30. The molecule has 0 fully saturated rings. The summed E-state index contributed by atoms with van der Waals surface area (Å²) in [4.78, 5) is 0. The highest BCUT2D eigenvalue weighted by Crippen LogP contribution is 2.30. The maximum absolute atomic E-state index is 5.44. The van der Waals surface area contributed by atoms with Crippen molar-refractivity contribution in [3.63, 3.8) is 0 Å². The Morgan fingerprint density at radius 3 is 3.08 bits per heavy atom. The second kappa shape index (κ2) is 2.88. The molecule has 0 bridgehead atoms. The molecular formula is C10H14N2. The number of hydrogen-bond donors (Lipinski definition) is 2. The molecule has 2 nitrogen and oxygen atoms in total. The SMILES string of the molecule is Cc1ccc2c(c1)CC[C@H]2NN. The van der Waals surface area contributed by atoms with E-state index in [2.05, 4.69) is 30.5 Å². The van der Waals surface area contributed by atoms with E-state index in [0.717, 1.165) is 12.8 Å². The molecule has 1 aromatic carbocycles. The van der Waals surface area contributed by atoms with Crippen LogP contribution in [0.2, 0.25) is 0 Å². The van der Waals surface area contributed by atoms with E-state index in [9.17, 15) is 0 Å². The van der Waals surface area contributed by atoms with Crippen LogP contribution in [0.3, 0.4) is 0 Å². The minimum Gasteiger partial charge on any atom is -0.271 e. The van der Waals surface area contributed by atoms with Gasteiger partial charge in [-0.1, -0.05) is 23.8 Å². The van der Waals surface area contributed by atoms with E-state index in [1.165, 1.54) is 16.7 Å².